The molecule has 0 radical (unpaired) electrons. The van der Waals surface area contributed by atoms with Gasteiger partial charge in [-0.05, 0) is 36.2 Å². The topological polar surface area (TPSA) is 49.9 Å². The number of aromatic nitrogens is 1. The molecular weight excluding hydrogens is 352 g/mol. The third-order valence-electron chi connectivity index (χ3n) is 5.35. The summed E-state index contributed by atoms with van der Waals surface area (Å²) in [4.78, 5) is 9.31. The highest BCUT2D eigenvalue weighted by atomic mass is 16.5. The van der Waals surface area contributed by atoms with Gasteiger partial charge in [0, 0.05) is 51.2 Å². The number of benzene rings is 1. The fraction of sp³-hybridized carbons (Fsp3) is 0.500. The number of nitrogens with zero attached hydrogens (tertiary/aromatic N) is 3. The monoisotopic (exact) mass is 382 g/mol. The third kappa shape index (κ3) is 5.01. The van der Waals surface area contributed by atoms with E-state index < -0.39 is 0 Å². The summed E-state index contributed by atoms with van der Waals surface area (Å²) in [6, 6.07) is 13.1. The van der Waals surface area contributed by atoms with E-state index in [1.54, 1.807) is 0 Å². The van der Waals surface area contributed by atoms with E-state index >= 15 is 0 Å². The minimum absolute atomic E-state index is 0.270. The molecule has 28 heavy (non-hydrogen) atoms. The summed E-state index contributed by atoms with van der Waals surface area (Å²) in [6.07, 6.45) is 2.25. The standard InChI is InChI=1S/C22H30N4O2/c1-18-17-26(10-13-28-18)22-7-4-20(16-24-22)15-23-14-19-2-5-21(6-3-19)25-8-11-27-12-9-25/h2-7,16,18,23H,8-15,17H2,1H3. The van der Waals surface area contributed by atoms with Crippen LogP contribution in [0, 0.1) is 0 Å². The van der Waals surface area contributed by atoms with Crippen LogP contribution in [0.15, 0.2) is 42.6 Å². The molecule has 0 bridgehead atoms. The van der Waals surface area contributed by atoms with E-state index in [9.17, 15) is 0 Å². The first-order chi connectivity index (χ1) is 13.8. The number of morpholine rings is 2. The molecule has 0 aliphatic carbocycles. The first-order valence-electron chi connectivity index (χ1n) is 10.2. The molecule has 1 aromatic carbocycles. The van der Waals surface area contributed by atoms with Gasteiger partial charge in [0.05, 0.1) is 25.9 Å². The second kappa shape index (κ2) is 9.37. The molecule has 2 fully saturated rings. The van der Waals surface area contributed by atoms with Crippen LogP contribution in [-0.2, 0) is 22.6 Å². The molecule has 2 aliphatic rings. The Hall–Kier alpha value is -2.15. The molecule has 1 unspecified atom stereocenters. The molecule has 0 saturated carbocycles. The normalized spacial score (nSPS) is 20.4. The quantitative estimate of drug-likeness (QED) is 0.828. The van der Waals surface area contributed by atoms with Gasteiger partial charge in [-0.25, -0.2) is 4.98 Å². The Balaban J connectivity index is 1.24. The van der Waals surface area contributed by atoms with Crippen molar-refractivity contribution < 1.29 is 9.47 Å². The molecule has 0 amide bonds. The summed E-state index contributed by atoms with van der Waals surface area (Å²) in [5.74, 6) is 1.04. The van der Waals surface area contributed by atoms with Gasteiger partial charge in [-0.3, -0.25) is 0 Å². The van der Waals surface area contributed by atoms with Crippen molar-refractivity contribution in [1.29, 1.82) is 0 Å². The molecule has 150 valence electrons. The second-order valence-corrected chi connectivity index (χ2v) is 7.52. The Morgan fingerprint density at radius 2 is 1.64 bits per heavy atom. The molecule has 0 spiro atoms. The molecule has 2 aliphatic heterocycles. The van der Waals surface area contributed by atoms with Gasteiger partial charge in [-0.1, -0.05) is 18.2 Å². The zero-order valence-corrected chi connectivity index (χ0v) is 16.6. The van der Waals surface area contributed by atoms with Crippen LogP contribution in [0.3, 0.4) is 0 Å². The van der Waals surface area contributed by atoms with Crippen molar-refractivity contribution in [2.45, 2.75) is 26.1 Å². The fourth-order valence-electron chi connectivity index (χ4n) is 3.73. The smallest absolute Gasteiger partial charge is 0.128 e. The van der Waals surface area contributed by atoms with E-state index in [2.05, 4.69) is 63.4 Å². The maximum Gasteiger partial charge on any atom is 0.128 e. The molecular formula is C22H30N4O2. The molecule has 1 N–H and O–H groups in total. The van der Waals surface area contributed by atoms with Crippen molar-refractivity contribution in [3.05, 3.63) is 53.7 Å². The van der Waals surface area contributed by atoms with Crippen LogP contribution in [0.2, 0.25) is 0 Å². The maximum absolute atomic E-state index is 5.60. The number of anilines is 2. The lowest BCUT2D eigenvalue weighted by Crippen LogP contribution is -2.41. The lowest BCUT2D eigenvalue weighted by molar-refractivity contribution is 0.0529. The number of rotatable bonds is 6. The predicted octanol–water partition coefficient (Wildman–Crippen LogP) is 2.43. The van der Waals surface area contributed by atoms with Gasteiger partial charge in [0.25, 0.3) is 0 Å². The lowest BCUT2D eigenvalue weighted by atomic mass is 10.2. The zero-order chi connectivity index (χ0) is 19.2. The highest BCUT2D eigenvalue weighted by molar-refractivity contribution is 5.48. The summed E-state index contributed by atoms with van der Waals surface area (Å²) in [6.45, 7) is 9.97. The third-order valence-corrected chi connectivity index (χ3v) is 5.35. The largest absolute Gasteiger partial charge is 0.378 e. The molecule has 6 nitrogen and oxygen atoms in total. The van der Waals surface area contributed by atoms with Crippen molar-refractivity contribution >= 4 is 11.5 Å². The average molecular weight is 383 g/mol. The van der Waals surface area contributed by atoms with Gasteiger partial charge in [-0.2, -0.15) is 0 Å². The molecule has 2 aromatic rings. The number of ether oxygens (including phenoxy) is 2. The van der Waals surface area contributed by atoms with Gasteiger partial charge >= 0.3 is 0 Å². The number of nitrogens with one attached hydrogen (secondary N) is 1. The van der Waals surface area contributed by atoms with E-state index in [4.69, 9.17) is 9.47 Å². The predicted molar refractivity (Wildman–Crippen MR) is 112 cm³/mol. The van der Waals surface area contributed by atoms with Crippen LogP contribution < -0.4 is 15.1 Å². The summed E-state index contributed by atoms with van der Waals surface area (Å²) >= 11 is 0. The first-order valence-corrected chi connectivity index (χ1v) is 10.2. The van der Waals surface area contributed by atoms with Crippen molar-refractivity contribution in [3.8, 4) is 0 Å². The van der Waals surface area contributed by atoms with Crippen LogP contribution in [0.1, 0.15) is 18.1 Å². The van der Waals surface area contributed by atoms with Crippen LogP contribution in [-0.4, -0.2) is 57.1 Å². The Kier molecular flexibility index (Phi) is 6.41. The van der Waals surface area contributed by atoms with E-state index in [0.29, 0.717) is 0 Å². The number of hydrogen-bond donors (Lipinski definition) is 1. The Morgan fingerprint density at radius 3 is 2.36 bits per heavy atom. The molecule has 1 aromatic heterocycles. The van der Waals surface area contributed by atoms with E-state index in [1.807, 2.05) is 6.20 Å². The lowest BCUT2D eigenvalue weighted by Gasteiger charge is -2.32. The van der Waals surface area contributed by atoms with Crippen LogP contribution >= 0.6 is 0 Å². The summed E-state index contributed by atoms with van der Waals surface area (Å²) < 4.78 is 11.0. The molecule has 1 atom stereocenters. The van der Waals surface area contributed by atoms with Gasteiger partial charge in [0.2, 0.25) is 0 Å². The molecule has 6 heteroatoms. The maximum atomic E-state index is 5.60. The summed E-state index contributed by atoms with van der Waals surface area (Å²) in [5, 5.41) is 3.52. The van der Waals surface area contributed by atoms with Crippen LogP contribution in [0.25, 0.3) is 0 Å². The fourth-order valence-corrected chi connectivity index (χ4v) is 3.73. The SMILES string of the molecule is CC1CN(c2ccc(CNCc3ccc(N4CCOCC4)cc3)cn2)CCO1. The average Bonchev–Trinajstić information content (AvgIpc) is 2.75. The summed E-state index contributed by atoms with van der Waals surface area (Å²) in [5.41, 5.74) is 3.78. The van der Waals surface area contributed by atoms with Crippen LogP contribution in [0.5, 0.6) is 0 Å². The summed E-state index contributed by atoms with van der Waals surface area (Å²) in [7, 11) is 0. The van der Waals surface area contributed by atoms with Gasteiger partial charge < -0.3 is 24.6 Å². The van der Waals surface area contributed by atoms with E-state index in [-0.39, 0.29) is 6.10 Å². The Bertz CT molecular complexity index is 729. The zero-order valence-electron chi connectivity index (χ0n) is 16.6. The van der Waals surface area contributed by atoms with Crippen molar-refractivity contribution in [3.63, 3.8) is 0 Å². The molecule has 2 saturated heterocycles. The van der Waals surface area contributed by atoms with Crippen molar-refractivity contribution in [2.24, 2.45) is 0 Å². The minimum atomic E-state index is 0.270. The first kappa shape index (κ1) is 19.2. The van der Waals surface area contributed by atoms with E-state index in [1.165, 1.54) is 16.8 Å². The van der Waals surface area contributed by atoms with Crippen LogP contribution in [0.4, 0.5) is 11.5 Å². The second-order valence-electron chi connectivity index (χ2n) is 7.52. The number of pyridine rings is 1. The minimum Gasteiger partial charge on any atom is -0.378 e. The van der Waals surface area contributed by atoms with Gasteiger partial charge in [0.15, 0.2) is 0 Å². The van der Waals surface area contributed by atoms with E-state index in [0.717, 1.165) is 64.9 Å². The van der Waals surface area contributed by atoms with Crippen molar-refractivity contribution in [1.82, 2.24) is 10.3 Å². The molecule has 3 heterocycles. The van der Waals surface area contributed by atoms with Gasteiger partial charge in [-0.15, -0.1) is 0 Å². The van der Waals surface area contributed by atoms with Crippen molar-refractivity contribution in [2.75, 3.05) is 55.8 Å². The Morgan fingerprint density at radius 1 is 0.929 bits per heavy atom. The van der Waals surface area contributed by atoms with Gasteiger partial charge in [0.1, 0.15) is 5.82 Å². The molecule has 4 rings (SSSR count). The highest BCUT2D eigenvalue weighted by Gasteiger charge is 2.17. The Labute approximate surface area is 167 Å². The number of hydrogen-bond acceptors (Lipinski definition) is 6. The highest BCUT2D eigenvalue weighted by Crippen LogP contribution is 2.17.